The number of amides is 1. The standard InChI is InChI=1S/C21H26N2O6S/c1-27-13-12-22-20(24)21(10-11-21)15-4-6-16(7-5-15)23-30(25,26)17-8-9-18(28-2)19(14-17)29-3/h4-9,14,23H,10-13H2,1-3H3,(H,22,24). The lowest BCUT2D eigenvalue weighted by molar-refractivity contribution is -0.123. The van der Waals surface area contributed by atoms with Gasteiger partial charge in [-0.05, 0) is 42.7 Å². The molecule has 8 nitrogen and oxygen atoms in total. The van der Waals surface area contributed by atoms with Crippen LogP contribution < -0.4 is 19.5 Å². The van der Waals surface area contributed by atoms with Crippen molar-refractivity contribution < 1.29 is 27.4 Å². The van der Waals surface area contributed by atoms with Crippen molar-refractivity contribution in [2.45, 2.75) is 23.2 Å². The predicted molar refractivity (Wildman–Crippen MR) is 113 cm³/mol. The highest BCUT2D eigenvalue weighted by Gasteiger charge is 2.51. The van der Waals surface area contributed by atoms with Crippen molar-refractivity contribution in [3.63, 3.8) is 0 Å². The second-order valence-electron chi connectivity index (χ2n) is 7.03. The summed E-state index contributed by atoms with van der Waals surface area (Å²) in [6.45, 7) is 0.916. The molecule has 0 unspecified atom stereocenters. The molecule has 1 saturated carbocycles. The monoisotopic (exact) mass is 434 g/mol. The van der Waals surface area contributed by atoms with E-state index in [1.54, 1.807) is 31.4 Å². The van der Waals surface area contributed by atoms with Gasteiger partial charge in [-0.2, -0.15) is 0 Å². The Labute approximate surface area is 176 Å². The third-order valence-corrected chi connectivity index (χ3v) is 6.51. The van der Waals surface area contributed by atoms with Crippen LogP contribution in [0.1, 0.15) is 18.4 Å². The molecule has 0 atom stereocenters. The largest absolute Gasteiger partial charge is 0.493 e. The smallest absolute Gasteiger partial charge is 0.262 e. The van der Waals surface area contributed by atoms with Crippen molar-refractivity contribution in [1.82, 2.24) is 5.32 Å². The van der Waals surface area contributed by atoms with Crippen molar-refractivity contribution >= 4 is 21.6 Å². The normalized spacial score (nSPS) is 14.6. The molecule has 0 aliphatic heterocycles. The minimum absolute atomic E-state index is 0.0294. The van der Waals surface area contributed by atoms with Gasteiger partial charge in [-0.15, -0.1) is 0 Å². The van der Waals surface area contributed by atoms with Gasteiger partial charge in [-0.25, -0.2) is 8.42 Å². The van der Waals surface area contributed by atoms with Gasteiger partial charge >= 0.3 is 0 Å². The molecule has 0 aromatic heterocycles. The van der Waals surface area contributed by atoms with E-state index in [1.165, 1.54) is 32.4 Å². The van der Waals surface area contributed by atoms with Crippen LogP contribution in [0, 0.1) is 0 Å². The van der Waals surface area contributed by atoms with E-state index < -0.39 is 15.4 Å². The summed E-state index contributed by atoms with van der Waals surface area (Å²) in [5.41, 5.74) is 0.740. The van der Waals surface area contributed by atoms with Gasteiger partial charge in [-0.1, -0.05) is 12.1 Å². The van der Waals surface area contributed by atoms with Crippen LogP contribution >= 0.6 is 0 Å². The zero-order valence-corrected chi connectivity index (χ0v) is 18.0. The fourth-order valence-electron chi connectivity index (χ4n) is 3.26. The van der Waals surface area contributed by atoms with Gasteiger partial charge in [0.15, 0.2) is 11.5 Å². The lowest BCUT2D eigenvalue weighted by Gasteiger charge is -2.16. The van der Waals surface area contributed by atoms with Crippen molar-refractivity contribution in [1.29, 1.82) is 0 Å². The summed E-state index contributed by atoms with van der Waals surface area (Å²) < 4.78 is 43.3. The number of methoxy groups -OCH3 is 3. The molecule has 0 spiro atoms. The highest BCUT2D eigenvalue weighted by Crippen LogP contribution is 2.48. The highest BCUT2D eigenvalue weighted by atomic mass is 32.2. The van der Waals surface area contributed by atoms with E-state index in [1.807, 2.05) is 0 Å². The quantitative estimate of drug-likeness (QED) is 0.556. The molecule has 2 N–H and O–H groups in total. The Bertz CT molecular complexity index is 1000. The van der Waals surface area contributed by atoms with Gasteiger partial charge in [-0.3, -0.25) is 9.52 Å². The van der Waals surface area contributed by atoms with Crippen molar-refractivity contribution in [3.8, 4) is 11.5 Å². The minimum atomic E-state index is -3.81. The predicted octanol–water partition coefficient (Wildman–Crippen LogP) is 2.30. The number of benzene rings is 2. The summed E-state index contributed by atoms with van der Waals surface area (Å²) in [6, 6.07) is 11.3. The number of sulfonamides is 1. The zero-order chi connectivity index (χ0) is 21.8. The Kier molecular flexibility index (Phi) is 6.52. The van der Waals surface area contributed by atoms with Crippen LogP contribution in [0.5, 0.6) is 11.5 Å². The molecule has 1 amide bonds. The molecule has 3 rings (SSSR count). The number of ether oxygens (including phenoxy) is 3. The number of carbonyl (C=O) groups is 1. The average molecular weight is 435 g/mol. The van der Waals surface area contributed by atoms with Crippen LogP contribution in [0.25, 0.3) is 0 Å². The second kappa shape index (κ2) is 8.93. The summed E-state index contributed by atoms with van der Waals surface area (Å²) in [7, 11) is 0.697. The van der Waals surface area contributed by atoms with E-state index in [-0.39, 0.29) is 10.8 Å². The number of hydrogen-bond donors (Lipinski definition) is 2. The average Bonchev–Trinajstić information content (AvgIpc) is 3.55. The number of nitrogens with one attached hydrogen (secondary N) is 2. The SMILES string of the molecule is COCCNC(=O)C1(c2ccc(NS(=O)(=O)c3ccc(OC)c(OC)c3)cc2)CC1. The van der Waals surface area contributed by atoms with E-state index >= 15 is 0 Å². The lowest BCUT2D eigenvalue weighted by atomic mass is 9.95. The summed E-state index contributed by atoms with van der Waals surface area (Å²) >= 11 is 0. The number of carbonyl (C=O) groups excluding carboxylic acids is 1. The second-order valence-corrected chi connectivity index (χ2v) is 8.71. The third kappa shape index (κ3) is 4.52. The van der Waals surface area contributed by atoms with E-state index in [9.17, 15) is 13.2 Å². The maximum atomic E-state index is 12.7. The first-order chi connectivity index (χ1) is 14.4. The first kappa shape index (κ1) is 21.9. The topological polar surface area (TPSA) is 103 Å². The molecule has 2 aromatic rings. The molecule has 0 radical (unpaired) electrons. The molecule has 0 bridgehead atoms. The van der Waals surface area contributed by atoms with E-state index in [0.717, 1.165) is 18.4 Å². The molecular weight excluding hydrogens is 408 g/mol. The minimum Gasteiger partial charge on any atom is -0.493 e. The van der Waals surface area contributed by atoms with Gasteiger partial charge in [0.25, 0.3) is 10.0 Å². The number of hydrogen-bond acceptors (Lipinski definition) is 6. The molecule has 0 heterocycles. The van der Waals surface area contributed by atoms with Crippen molar-refractivity contribution in [2.75, 3.05) is 39.2 Å². The molecular formula is C21H26N2O6S. The Morgan fingerprint density at radius 1 is 1.00 bits per heavy atom. The molecule has 30 heavy (non-hydrogen) atoms. The molecule has 1 fully saturated rings. The van der Waals surface area contributed by atoms with E-state index in [4.69, 9.17) is 14.2 Å². The number of anilines is 1. The van der Waals surface area contributed by atoms with E-state index in [2.05, 4.69) is 10.0 Å². The summed E-state index contributed by atoms with van der Waals surface area (Å²) in [5.74, 6) is 0.739. The summed E-state index contributed by atoms with van der Waals surface area (Å²) in [5, 5.41) is 2.88. The Morgan fingerprint density at radius 3 is 2.23 bits per heavy atom. The lowest BCUT2D eigenvalue weighted by Crippen LogP contribution is -2.36. The maximum Gasteiger partial charge on any atom is 0.262 e. The molecule has 1 aliphatic rings. The molecule has 2 aromatic carbocycles. The van der Waals surface area contributed by atoms with Crippen LogP contribution in [-0.2, 0) is 25.0 Å². The maximum absolute atomic E-state index is 12.7. The first-order valence-electron chi connectivity index (χ1n) is 9.49. The van der Waals surface area contributed by atoms with Crippen molar-refractivity contribution in [2.24, 2.45) is 0 Å². The molecule has 0 saturated heterocycles. The fourth-order valence-corrected chi connectivity index (χ4v) is 4.34. The van der Waals surface area contributed by atoms with Gasteiger partial charge in [0.2, 0.25) is 5.91 Å². The first-order valence-corrected chi connectivity index (χ1v) is 11.0. The van der Waals surface area contributed by atoms with Crippen LogP contribution in [0.3, 0.4) is 0 Å². The van der Waals surface area contributed by atoms with Gasteiger partial charge in [0.1, 0.15) is 0 Å². The van der Waals surface area contributed by atoms with E-state index in [0.29, 0.717) is 30.3 Å². The molecule has 9 heteroatoms. The Hall–Kier alpha value is -2.78. The Morgan fingerprint density at radius 2 is 1.67 bits per heavy atom. The zero-order valence-electron chi connectivity index (χ0n) is 17.2. The fraction of sp³-hybridized carbons (Fsp3) is 0.381. The van der Waals surface area contributed by atoms with Crippen molar-refractivity contribution in [3.05, 3.63) is 48.0 Å². The highest BCUT2D eigenvalue weighted by molar-refractivity contribution is 7.92. The Balaban J connectivity index is 1.73. The summed E-state index contributed by atoms with van der Waals surface area (Å²) in [4.78, 5) is 12.6. The third-order valence-electron chi connectivity index (χ3n) is 5.13. The van der Waals surface area contributed by atoms with Gasteiger partial charge in [0.05, 0.1) is 31.1 Å². The molecule has 1 aliphatic carbocycles. The summed E-state index contributed by atoms with van der Waals surface area (Å²) in [6.07, 6.45) is 1.53. The van der Waals surface area contributed by atoms with Crippen LogP contribution in [0.15, 0.2) is 47.4 Å². The van der Waals surface area contributed by atoms with Crippen LogP contribution in [-0.4, -0.2) is 48.8 Å². The molecule has 162 valence electrons. The number of rotatable bonds is 10. The van der Waals surface area contributed by atoms with Crippen LogP contribution in [0.2, 0.25) is 0 Å². The van der Waals surface area contributed by atoms with Gasteiger partial charge in [0, 0.05) is 25.4 Å². The van der Waals surface area contributed by atoms with Crippen LogP contribution in [0.4, 0.5) is 5.69 Å². The van der Waals surface area contributed by atoms with Gasteiger partial charge < -0.3 is 19.5 Å².